The SMILES string of the molecule is c1cc(CNC2CCN3CCCC3C2)[nH]n1. The minimum absolute atomic E-state index is 0.697. The van der Waals surface area contributed by atoms with E-state index in [4.69, 9.17) is 0 Å². The van der Waals surface area contributed by atoms with Crippen LogP contribution in [0.1, 0.15) is 31.4 Å². The van der Waals surface area contributed by atoms with Crippen molar-refractivity contribution in [1.29, 1.82) is 0 Å². The van der Waals surface area contributed by atoms with Gasteiger partial charge in [0.2, 0.25) is 0 Å². The minimum Gasteiger partial charge on any atom is -0.308 e. The lowest BCUT2D eigenvalue weighted by Crippen LogP contribution is -2.45. The Bertz CT molecular complexity index is 322. The Balaban J connectivity index is 1.49. The number of nitrogens with zero attached hydrogens (tertiary/aromatic N) is 2. The van der Waals surface area contributed by atoms with E-state index in [-0.39, 0.29) is 0 Å². The molecule has 0 spiro atoms. The monoisotopic (exact) mass is 220 g/mol. The lowest BCUT2D eigenvalue weighted by Gasteiger charge is -2.35. The molecule has 2 aliphatic heterocycles. The summed E-state index contributed by atoms with van der Waals surface area (Å²) < 4.78 is 0. The van der Waals surface area contributed by atoms with Gasteiger partial charge >= 0.3 is 0 Å². The molecule has 2 unspecified atom stereocenters. The molecule has 88 valence electrons. The van der Waals surface area contributed by atoms with Crippen LogP contribution in [0.15, 0.2) is 12.3 Å². The van der Waals surface area contributed by atoms with Crippen LogP contribution < -0.4 is 5.32 Å². The lowest BCUT2D eigenvalue weighted by atomic mass is 9.97. The number of piperidine rings is 1. The van der Waals surface area contributed by atoms with Gasteiger partial charge in [-0.25, -0.2) is 0 Å². The van der Waals surface area contributed by atoms with Crippen LogP contribution >= 0.6 is 0 Å². The summed E-state index contributed by atoms with van der Waals surface area (Å²) in [6.45, 7) is 3.54. The number of nitrogens with one attached hydrogen (secondary N) is 2. The van der Waals surface area contributed by atoms with Gasteiger partial charge in [-0.1, -0.05) is 0 Å². The van der Waals surface area contributed by atoms with Crippen molar-refractivity contribution >= 4 is 0 Å². The van der Waals surface area contributed by atoms with E-state index in [9.17, 15) is 0 Å². The molecule has 0 aromatic carbocycles. The predicted molar refractivity (Wildman–Crippen MR) is 63.0 cm³/mol. The van der Waals surface area contributed by atoms with E-state index in [1.54, 1.807) is 0 Å². The molecule has 2 N–H and O–H groups in total. The van der Waals surface area contributed by atoms with Gasteiger partial charge in [-0.3, -0.25) is 5.10 Å². The van der Waals surface area contributed by atoms with Gasteiger partial charge in [0.05, 0.1) is 0 Å². The van der Waals surface area contributed by atoms with Crippen molar-refractivity contribution in [3.05, 3.63) is 18.0 Å². The molecule has 0 radical (unpaired) electrons. The molecule has 1 aromatic heterocycles. The quantitative estimate of drug-likeness (QED) is 0.802. The number of fused-ring (bicyclic) bond motifs is 1. The Kier molecular flexibility index (Phi) is 2.93. The smallest absolute Gasteiger partial charge is 0.0490 e. The Hall–Kier alpha value is -0.870. The molecule has 4 heteroatoms. The summed E-state index contributed by atoms with van der Waals surface area (Å²) in [6, 6.07) is 3.59. The fourth-order valence-corrected chi connectivity index (χ4v) is 3.05. The maximum absolute atomic E-state index is 3.97. The fourth-order valence-electron chi connectivity index (χ4n) is 3.05. The van der Waals surface area contributed by atoms with E-state index >= 15 is 0 Å². The summed E-state index contributed by atoms with van der Waals surface area (Å²) in [5, 5.41) is 10.6. The van der Waals surface area contributed by atoms with Crippen molar-refractivity contribution in [2.24, 2.45) is 0 Å². The molecule has 0 bridgehead atoms. The molecule has 1 aromatic rings. The normalized spacial score (nSPS) is 30.5. The van der Waals surface area contributed by atoms with Crippen molar-refractivity contribution in [2.75, 3.05) is 13.1 Å². The van der Waals surface area contributed by atoms with Gasteiger partial charge in [0.1, 0.15) is 0 Å². The average molecular weight is 220 g/mol. The third-order valence-electron chi connectivity index (χ3n) is 3.96. The molecule has 2 saturated heterocycles. The van der Waals surface area contributed by atoms with Gasteiger partial charge in [0.15, 0.2) is 0 Å². The number of hydrogen-bond donors (Lipinski definition) is 2. The number of hydrogen-bond acceptors (Lipinski definition) is 3. The molecule has 2 aliphatic rings. The highest BCUT2D eigenvalue weighted by Gasteiger charge is 2.31. The first-order chi connectivity index (χ1) is 7.92. The van der Waals surface area contributed by atoms with Crippen LogP contribution in [-0.4, -0.2) is 40.3 Å². The largest absolute Gasteiger partial charge is 0.308 e. The Morgan fingerprint density at radius 1 is 1.44 bits per heavy atom. The van der Waals surface area contributed by atoms with Crippen LogP contribution in [0, 0.1) is 0 Å². The molecule has 2 atom stereocenters. The zero-order valence-electron chi connectivity index (χ0n) is 9.65. The molecular formula is C12H20N4. The first-order valence-electron chi connectivity index (χ1n) is 6.37. The highest BCUT2D eigenvalue weighted by molar-refractivity contribution is 4.98. The molecular weight excluding hydrogens is 200 g/mol. The average Bonchev–Trinajstić information content (AvgIpc) is 2.97. The minimum atomic E-state index is 0.697. The zero-order chi connectivity index (χ0) is 10.8. The molecule has 16 heavy (non-hydrogen) atoms. The number of rotatable bonds is 3. The second-order valence-electron chi connectivity index (χ2n) is 5.02. The molecule has 3 rings (SSSR count). The maximum Gasteiger partial charge on any atom is 0.0490 e. The van der Waals surface area contributed by atoms with Crippen LogP contribution in [-0.2, 0) is 6.54 Å². The molecule has 0 saturated carbocycles. The second-order valence-corrected chi connectivity index (χ2v) is 5.02. The maximum atomic E-state index is 3.97. The lowest BCUT2D eigenvalue weighted by molar-refractivity contribution is 0.166. The van der Waals surface area contributed by atoms with Gasteiger partial charge < -0.3 is 10.2 Å². The molecule has 2 fully saturated rings. The van der Waals surface area contributed by atoms with Crippen molar-refractivity contribution in [3.63, 3.8) is 0 Å². The van der Waals surface area contributed by atoms with Crippen molar-refractivity contribution < 1.29 is 0 Å². The van der Waals surface area contributed by atoms with E-state index in [0.717, 1.165) is 12.6 Å². The number of H-pyrrole nitrogens is 1. The van der Waals surface area contributed by atoms with Crippen LogP contribution in [0.5, 0.6) is 0 Å². The van der Waals surface area contributed by atoms with E-state index in [2.05, 4.69) is 20.4 Å². The number of aromatic nitrogens is 2. The highest BCUT2D eigenvalue weighted by atomic mass is 15.2. The van der Waals surface area contributed by atoms with Gasteiger partial charge in [0.25, 0.3) is 0 Å². The van der Waals surface area contributed by atoms with Crippen molar-refractivity contribution in [3.8, 4) is 0 Å². The Morgan fingerprint density at radius 3 is 3.31 bits per heavy atom. The van der Waals surface area contributed by atoms with Gasteiger partial charge in [-0.05, 0) is 44.8 Å². The topological polar surface area (TPSA) is 44.0 Å². The standard InChI is InChI=1S/C12H20N4/c1-2-12-8-10(4-7-16(12)6-1)13-9-11-3-5-14-15-11/h3,5,10,12-13H,1-2,4,6-9H2,(H,14,15). The summed E-state index contributed by atoms with van der Waals surface area (Å²) in [6.07, 6.45) is 7.25. The summed E-state index contributed by atoms with van der Waals surface area (Å²) in [4.78, 5) is 2.66. The van der Waals surface area contributed by atoms with Crippen LogP contribution in [0.4, 0.5) is 0 Å². The first-order valence-corrected chi connectivity index (χ1v) is 6.37. The third kappa shape index (κ3) is 2.13. The third-order valence-corrected chi connectivity index (χ3v) is 3.96. The van der Waals surface area contributed by atoms with Gasteiger partial charge in [-0.15, -0.1) is 0 Å². The van der Waals surface area contributed by atoms with E-state index in [0.29, 0.717) is 6.04 Å². The number of aromatic amines is 1. The molecule has 3 heterocycles. The molecule has 4 nitrogen and oxygen atoms in total. The summed E-state index contributed by atoms with van der Waals surface area (Å²) in [5.41, 5.74) is 1.19. The van der Waals surface area contributed by atoms with Crippen LogP contribution in [0.2, 0.25) is 0 Å². The van der Waals surface area contributed by atoms with E-state index in [1.807, 2.05) is 12.3 Å². The van der Waals surface area contributed by atoms with Crippen LogP contribution in [0.3, 0.4) is 0 Å². The molecule has 0 aliphatic carbocycles. The summed E-state index contributed by atoms with van der Waals surface area (Å²) in [5.74, 6) is 0. The first kappa shape index (κ1) is 10.3. The van der Waals surface area contributed by atoms with Gasteiger partial charge in [0, 0.05) is 30.5 Å². The second kappa shape index (κ2) is 4.55. The Labute approximate surface area is 96.4 Å². The molecule has 0 amide bonds. The predicted octanol–water partition coefficient (Wildman–Crippen LogP) is 1.13. The van der Waals surface area contributed by atoms with Gasteiger partial charge in [-0.2, -0.15) is 5.10 Å². The van der Waals surface area contributed by atoms with E-state index in [1.165, 1.54) is 44.5 Å². The van der Waals surface area contributed by atoms with Crippen LogP contribution in [0.25, 0.3) is 0 Å². The summed E-state index contributed by atoms with van der Waals surface area (Å²) in [7, 11) is 0. The van der Waals surface area contributed by atoms with E-state index < -0.39 is 0 Å². The van der Waals surface area contributed by atoms with Crippen molar-refractivity contribution in [1.82, 2.24) is 20.4 Å². The Morgan fingerprint density at radius 2 is 2.44 bits per heavy atom. The fraction of sp³-hybridized carbons (Fsp3) is 0.750. The van der Waals surface area contributed by atoms with Crippen molar-refractivity contribution in [2.45, 2.75) is 44.3 Å². The summed E-state index contributed by atoms with van der Waals surface area (Å²) >= 11 is 0. The zero-order valence-corrected chi connectivity index (χ0v) is 9.65. The highest BCUT2D eigenvalue weighted by Crippen LogP contribution is 2.26.